The van der Waals surface area contributed by atoms with Crippen LogP contribution in [0.2, 0.25) is 0 Å². The maximum atomic E-state index is 13.2. The molecule has 9 heteroatoms. The predicted octanol–water partition coefficient (Wildman–Crippen LogP) is 4.60. The molecule has 1 unspecified atom stereocenters. The number of anilines is 1. The molecule has 5 nitrogen and oxygen atoms in total. The summed E-state index contributed by atoms with van der Waals surface area (Å²) in [5.41, 5.74) is -0.789. The van der Waals surface area contributed by atoms with Gasteiger partial charge in [-0.15, -0.1) is 0 Å². The van der Waals surface area contributed by atoms with Crippen molar-refractivity contribution in [2.75, 3.05) is 5.32 Å². The van der Waals surface area contributed by atoms with E-state index in [1.54, 1.807) is 18.2 Å². The van der Waals surface area contributed by atoms with Gasteiger partial charge in [0.2, 0.25) is 5.91 Å². The van der Waals surface area contributed by atoms with Crippen LogP contribution in [-0.4, -0.2) is 21.9 Å². The molecule has 0 fully saturated rings. The Hall–Kier alpha value is -2.86. The van der Waals surface area contributed by atoms with E-state index in [-0.39, 0.29) is 16.5 Å². The van der Waals surface area contributed by atoms with E-state index in [9.17, 15) is 28.0 Å². The second-order valence-electron chi connectivity index (χ2n) is 5.99. The molecule has 1 aromatic carbocycles. The van der Waals surface area contributed by atoms with Gasteiger partial charge in [-0.05, 0) is 39.0 Å². The van der Waals surface area contributed by atoms with Crippen molar-refractivity contribution in [2.45, 2.75) is 37.2 Å². The second kappa shape index (κ2) is 8.44. The Morgan fingerprint density at radius 1 is 1.29 bits per heavy atom. The van der Waals surface area contributed by atoms with Gasteiger partial charge in [-0.3, -0.25) is 9.59 Å². The third-order valence-electron chi connectivity index (χ3n) is 3.73. The largest absolute Gasteiger partial charge is 0.417 e. The number of thioether (sulfide) groups is 1. The van der Waals surface area contributed by atoms with Crippen LogP contribution in [0.4, 0.5) is 18.9 Å². The summed E-state index contributed by atoms with van der Waals surface area (Å²) in [6.07, 6.45) is -4.70. The number of nitrogens with one attached hydrogen (secondary N) is 1. The molecule has 28 heavy (non-hydrogen) atoms. The monoisotopic (exact) mass is 407 g/mol. The topological polar surface area (TPSA) is 82.8 Å². The zero-order valence-electron chi connectivity index (χ0n) is 15.2. The van der Waals surface area contributed by atoms with Crippen molar-refractivity contribution in [3.8, 4) is 6.07 Å². The number of pyridine rings is 1. The maximum absolute atomic E-state index is 13.2. The summed E-state index contributed by atoms with van der Waals surface area (Å²) >= 11 is 0.764. The van der Waals surface area contributed by atoms with Crippen LogP contribution in [0.5, 0.6) is 0 Å². The quantitative estimate of drug-likeness (QED) is 0.578. The molecular formula is C19H16F3N3O2S. The fourth-order valence-electron chi connectivity index (χ4n) is 2.34. The highest BCUT2D eigenvalue weighted by molar-refractivity contribution is 8.00. The van der Waals surface area contributed by atoms with E-state index in [1.807, 2.05) is 0 Å². The molecule has 1 aromatic heterocycles. The van der Waals surface area contributed by atoms with Crippen molar-refractivity contribution < 1.29 is 22.8 Å². The van der Waals surface area contributed by atoms with Crippen LogP contribution in [0.25, 0.3) is 0 Å². The number of amides is 1. The Labute approximate surface area is 164 Å². The lowest BCUT2D eigenvalue weighted by Gasteiger charge is -2.16. The first-order chi connectivity index (χ1) is 13.0. The number of alkyl halides is 3. The van der Waals surface area contributed by atoms with Crippen LogP contribution >= 0.6 is 11.8 Å². The van der Waals surface area contributed by atoms with E-state index in [4.69, 9.17) is 0 Å². The van der Waals surface area contributed by atoms with Gasteiger partial charge in [0, 0.05) is 16.9 Å². The van der Waals surface area contributed by atoms with Crippen molar-refractivity contribution in [2.24, 2.45) is 0 Å². The Morgan fingerprint density at radius 3 is 2.54 bits per heavy atom. The minimum Gasteiger partial charge on any atom is -0.325 e. The van der Waals surface area contributed by atoms with E-state index in [0.29, 0.717) is 11.3 Å². The number of ketones is 1. The molecule has 0 saturated carbocycles. The molecule has 2 rings (SSSR count). The fourth-order valence-corrected chi connectivity index (χ4v) is 3.31. The maximum Gasteiger partial charge on any atom is 0.417 e. The van der Waals surface area contributed by atoms with Gasteiger partial charge < -0.3 is 5.32 Å². The second-order valence-corrected chi connectivity index (χ2v) is 7.32. The van der Waals surface area contributed by atoms with Crippen molar-refractivity contribution in [1.82, 2.24) is 4.98 Å². The molecule has 0 spiro atoms. The standard InChI is InChI=1S/C19H16F3N3O2S/c1-10-7-16(19(20,21)22)15(9-23)18(24-10)28-12(3)17(27)25-14-6-4-5-13(8-14)11(2)26/h4-8,12H,1-3H3,(H,25,27). The third-order valence-corrected chi connectivity index (χ3v) is 4.81. The number of benzene rings is 1. The molecule has 0 radical (unpaired) electrons. The van der Waals surface area contributed by atoms with Crippen LogP contribution in [0, 0.1) is 18.3 Å². The first kappa shape index (κ1) is 21.4. The number of carbonyl (C=O) groups is 2. The number of aryl methyl sites for hydroxylation is 1. The van der Waals surface area contributed by atoms with Gasteiger partial charge in [0.25, 0.3) is 0 Å². The summed E-state index contributed by atoms with van der Waals surface area (Å²) < 4.78 is 39.6. The van der Waals surface area contributed by atoms with Crippen LogP contribution in [0.1, 0.15) is 41.0 Å². The summed E-state index contributed by atoms with van der Waals surface area (Å²) in [4.78, 5) is 27.8. The molecular weight excluding hydrogens is 391 g/mol. The van der Waals surface area contributed by atoms with Crippen molar-refractivity contribution in [1.29, 1.82) is 5.26 Å². The molecule has 1 heterocycles. The highest BCUT2D eigenvalue weighted by atomic mass is 32.2. The summed E-state index contributed by atoms with van der Waals surface area (Å²) in [7, 11) is 0. The number of halogens is 3. The number of nitriles is 1. The van der Waals surface area contributed by atoms with Crippen LogP contribution in [0.15, 0.2) is 35.4 Å². The van der Waals surface area contributed by atoms with E-state index < -0.39 is 28.5 Å². The zero-order chi connectivity index (χ0) is 21.1. The molecule has 0 bridgehead atoms. The molecule has 1 atom stereocenters. The molecule has 0 aliphatic heterocycles. The van der Waals surface area contributed by atoms with Crippen molar-refractivity contribution in [3.05, 3.63) is 52.7 Å². The lowest BCUT2D eigenvalue weighted by Crippen LogP contribution is -2.23. The number of rotatable bonds is 5. The van der Waals surface area contributed by atoms with E-state index in [2.05, 4.69) is 10.3 Å². The van der Waals surface area contributed by atoms with Crippen LogP contribution in [-0.2, 0) is 11.0 Å². The van der Waals surface area contributed by atoms with Crippen LogP contribution in [0.3, 0.4) is 0 Å². The molecule has 0 aliphatic rings. The normalized spacial score (nSPS) is 12.2. The van der Waals surface area contributed by atoms with E-state index in [0.717, 1.165) is 17.8 Å². The first-order valence-electron chi connectivity index (χ1n) is 8.10. The number of hydrogen-bond donors (Lipinski definition) is 1. The number of hydrogen-bond acceptors (Lipinski definition) is 5. The Morgan fingerprint density at radius 2 is 1.96 bits per heavy atom. The lowest BCUT2D eigenvalue weighted by atomic mass is 10.1. The average molecular weight is 407 g/mol. The minimum atomic E-state index is -4.70. The lowest BCUT2D eigenvalue weighted by molar-refractivity contribution is -0.138. The molecule has 0 saturated heterocycles. The highest BCUT2D eigenvalue weighted by Gasteiger charge is 2.36. The Bertz CT molecular complexity index is 968. The van der Waals surface area contributed by atoms with Gasteiger partial charge in [-0.1, -0.05) is 23.9 Å². The Balaban J connectivity index is 2.25. The summed E-state index contributed by atoms with van der Waals surface area (Å²) in [6, 6.07) is 8.65. The fraction of sp³-hybridized carbons (Fsp3) is 0.263. The zero-order valence-corrected chi connectivity index (χ0v) is 16.0. The number of Topliss-reactive ketones (excluding diaryl/α,β-unsaturated/α-hetero) is 1. The summed E-state index contributed by atoms with van der Waals surface area (Å²) in [6.45, 7) is 4.27. The van der Waals surface area contributed by atoms with Gasteiger partial charge in [0.15, 0.2) is 5.78 Å². The predicted molar refractivity (Wildman–Crippen MR) is 99.1 cm³/mol. The van der Waals surface area contributed by atoms with Gasteiger partial charge in [-0.2, -0.15) is 18.4 Å². The SMILES string of the molecule is CC(=O)c1cccc(NC(=O)C(C)Sc2nc(C)cc(C(F)(F)F)c2C#N)c1. The van der Waals surface area contributed by atoms with Gasteiger partial charge in [0.1, 0.15) is 11.1 Å². The Kier molecular flexibility index (Phi) is 6.46. The molecule has 1 N–H and O–H groups in total. The highest BCUT2D eigenvalue weighted by Crippen LogP contribution is 2.37. The van der Waals surface area contributed by atoms with E-state index >= 15 is 0 Å². The van der Waals surface area contributed by atoms with Gasteiger partial charge in [-0.25, -0.2) is 4.98 Å². The first-order valence-corrected chi connectivity index (χ1v) is 8.98. The van der Waals surface area contributed by atoms with Gasteiger partial charge in [0.05, 0.1) is 16.4 Å². The third kappa shape index (κ3) is 5.10. The summed E-state index contributed by atoms with van der Waals surface area (Å²) in [5, 5.41) is 10.8. The van der Waals surface area contributed by atoms with E-state index in [1.165, 1.54) is 32.9 Å². The summed E-state index contributed by atoms with van der Waals surface area (Å²) in [5.74, 6) is -0.660. The van der Waals surface area contributed by atoms with Crippen molar-refractivity contribution >= 4 is 29.1 Å². The van der Waals surface area contributed by atoms with Crippen molar-refractivity contribution in [3.63, 3.8) is 0 Å². The smallest absolute Gasteiger partial charge is 0.325 e. The van der Waals surface area contributed by atoms with Gasteiger partial charge >= 0.3 is 6.18 Å². The molecule has 146 valence electrons. The minimum absolute atomic E-state index is 0.0931. The average Bonchev–Trinajstić information content (AvgIpc) is 2.60. The number of aromatic nitrogens is 1. The number of nitrogens with zero attached hydrogens (tertiary/aromatic N) is 2. The van der Waals surface area contributed by atoms with Crippen LogP contribution < -0.4 is 5.32 Å². The molecule has 0 aliphatic carbocycles. The molecule has 1 amide bonds. The number of carbonyl (C=O) groups excluding carboxylic acids is 2. The molecule has 2 aromatic rings.